The number of amides is 1. The summed E-state index contributed by atoms with van der Waals surface area (Å²) >= 11 is 0. The zero-order chi connectivity index (χ0) is 21.3. The number of nitrogens with one attached hydrogen (secondary N) is 2. The number of carbonyl (C=O) groups excluding carboxylic acids is 1. The van der Waals surface area contributed by atoms with Gasteiger partial charge in [-0.1, -0.05) is 18.2 Å². The van der Waals surface area contributed by atoms with Crippen molar-refractivity contribution < 1.29 is 14.3 Å². The van der Waals surface area contributed by atoms with Crippen molar-refractivity contribution in [3.8, 4) is 11.5 Å². The van der Waals surface area contributed by atoms with Crippen LogP contribution in [-0.2, 0) is 17.9 Å². The van der Waals surface area contributed by atoms with E-state index in [-0.39, 0.29) is 5.91 Å². The van der Waals surface area contributed by atoms with Crippen LogP contribution in [0.1, 0.15) is 30.9 Å². The van der Waals surface area contributed by atoms with Crippen LogP contribution in [0.25, 0.3) is 0 Å². The van der Waals surface area contributed by atoms with Gasteiger partial charge in [-0.05, 0) is 48.7 Å². The molecular formula is C23H30N4O3. The van der Waals surface area contributed by atoms with E-state index in [4.69, 9.17) is 9.47 Å². The smallest absolute Gasteiger partial charge is 0.227 e. The summed E-state index contributed by atoms with van der Waals surface area (Å²) in [6, 6.07) is 13.9. The number of ether oxygens (including phenoxy) is 2. The van der Waals surface area contributed by atoms with Crippen molar-refractivity contribution in [2.45, 2.75) is 32.9 Å². The van der Waals surface area contributed by atoms with Gasteiger partial charge < -0.3 is 25.0 Å². The predicted molar refractivity (Wildman–Crippen MR) is 119 cm³/mol. The molecule has 2 N–H and O–H groups in total. The van der Waals surface area contributed by atoms with E-state index in [9.17, 15) is 4.79 Å². The van der Waals surface area contributed by atoms with Gasteiger partial charge in [-0.3, -0.25) is 4.79 Å². The van der Waals surface area contributed by atoms with Gasteiger partial charge in [0.25, 0.3) is 0 Å². The maximum atomic E-state index is 11.9. The first-order valence-corrected chi connectivity index (χ1v) is 10.3. The van der Waals surface area contributed by atoms with Crippen molar-refractivity contribution in [3.63, 3.8) is 0 Å². The molecule has 160 valence electrons. The molecule has 0 radical (unpaired) electrons. The lowest BCUT2D eigenvalue weighted by molar-refractivity contribution is -0.117. The number of carbonyl (C=O) groups is 1. The zero-order valence-corrected chi connectivity index (χ0v) is 17.9. The van der Waals surface area contributed by atoms with Crippen molar-refractivity contribution >= 4 is 17.6 Å². The fraction of sp³-hybridized carbons (Fsp3) is 0.391. The van der Waals surface area contributed by atoms with Crippen molar-refractivity contribution in [1.29, 1.82) is 0 Å². The number of methoxy groups -OCH3 is 2. The Morgan fingerprint density at radius 2 is 1.77 bits per heavy atom. The molecular weight excluding hydrogens is 380 g/mol. The lowest BCUT2D eigenvalue weighted by Gasteiger charge is -2.16. The second kappa shape index (κ2) is 10.5. The molecule has 1 aliphatic heterocycles. The molecule has 3 rings (SSSR count). The first-order chi connectivity index (χ1) is 14.6. The topological polar surface area (TPSA) is 75.2 Å². The molecule has 0 saturated carbocycles. The zero-order valence-electron chi connectivity index (χ0n) is 17.9. The molecule has 0 bridgehead atoms. The number of rotatable bonds is 8. The second-order valence-electron chi connectivity index (χ2n) is 7.05. The standard InChI is InChI=1S/C23H30N4O3/c1-4-24-23(26-16-18-9-12-20(29-2)21(14-18)30-3)25-15-17-7-10-19(11-8-17)27-13-5-6-22(27)28/h7-12,14H,4-6,13,15-16H2,1-3H3,(H2,24,25,26). The van der Waals surface area contributed by atoms with E-state index in [2.05, 4.69) is 15.6 Å². The van der Waals surface area contributed by atoms with Gasteiger partial charge in [0.2, 0.25) is 5.91 Å². The fourth-order valence-corrected chi connectivity index (χ4v) is 3.39. The molecule has 0 atom stereocenters. The van der Waals surface area contributed by atoms with E-state index in [1.54, 1.807) is 14.2 Å². The molecule has 30 heavy (non-hydrogen) atoms. The van der Waals surface area contributed by atoms with Crippen molar-refractivity contribution in [3.05, 3.63) is 53.6 Å². The number of aliphatic imine (C=N–C) groups is 1. The van der Waals surface area contributed by atoms with Crippen molar-refractivity contribution in [2.24, 2.45) is 4.99 Å². The summed E-state index contributed by atoms with van der Waals surface area (Å²) in [4.78, 5) is 18.4. The van der Waals surface area contributed by atoms with Crippen LogP contribution in [0.3, 0.4) is 0 Å². The summed E-state index contributed by atoms with van der Waals surface area (Å²) in [6.45, 7) is 4.78. The molecule has 0 aliphatic carbocycles. The summed E-state index contributed by atoms with van der Waals surface area (Å²) in [7, 11) is 3.25. The van der Waals surface area contributed by atoms with Gasteiger partial charge >= 0.3 is 0 Å². The average Bonchev–Trinajstić information content (AvgIpc) is 3.21. The Hall–Kier alpha value is -3.22. The Kier molecular flexibility index (Phi) is 7.54. The molecule has 7 heteroatoms. The number of nitrogens with zero attached hydrogens (tertiary/aromatic N) is 2. The van der Waals surface area contributed by atoms with E-state index in [0.717, 1.165) is 42.3 Å². The van der Waals surface area contributed by atoms with Crippen LogP contribution in [0.2, 0.25) is 0 Å². The predicted octanol–water partition coefficient (Wildman–Crippen LogP) is 3.09. The summed E-state index contributed by atoms with van der Waals surface area (Å²) in [5, 5.41) is 6.62. The minimum absolute atomic E-state index is 0.206. The van der Waals surface area contributed by atoms with E-state index in [1.807, 2.05) is 54.3 Å². The molecule has 2 aromatic carbocycles. The highest BCUT2D eigenvalue weighted by Gasteiger charge is 2.21. The van der Waals surface area contributed by atoms with E-state index in [1.165, 1.54) is 0 Å². The Bertz CT molecular complexity index is 881. The Morgan fingerprint density at radius 1 is 1.03 bits per heavy atom. The number of hydrogen-bond donors (Lipinski definition) is 2. The lowest BCUT2D eigenvalue weighted by atomic mass is 10.2. The maximum Gasteiger partial charge on any atom is 0.227 e. The van der Waals surface area contributed by atoms with Crippen LogP contribution in [0.15, 0.2) is 47.5 Å². The summed E-state index contributed by atoms with van der Waals surface area (Å²) in [6.07, 6.45) is 1.58. The first kappa shape index (κ1) is 21.5. The summed E-state index contributed by atoms with van der Waals surface area (Å²) < 4.78 is 10.6. The highest BCUT2D eigenvalue weighted by atomic mass is 16.5. The second-order valence-corrected chi connectivity index (χ2v) is 7.05. The third-order valence-corrected chi connectivity index (χ3v) is 4.99. The molecule has 1 heterocycles. The van der Waals surface area contributed by atoms with Crippen LogP contribution >= 0.6 is 0 Å². The van der Waals surface area contributed by atoms with Gasteiger partial charge in [-0.2, -0.15) is 0 Å². The van der Waals surface area contributed by atoms with E-state index in [0.29, 0.717) is 31.0 Å². The van der Waals surface area contributed by atoms with Gasteiger partial charge in [0, 0.05) is 31.7 Å². The van der Waals surface area contributed by atoms with E-state index < -0.39 is 0 Å². The first-order valence-electron chi connectivity index (χ1n) is 10.3. The molecule has 1 amide bonds. The van der Waals surface area contributed by atoms with Crippen molar-refractivity contribution in [2.75, 3.05) is 32.2 Å². The van der Waals surface area contributed by atoms with Gasteiger partial charge in [0.05, 0.1) is 20.8 Å². The van der Waals surface area contributed by atoms with Crippen LogP contribution in [0.5, 0.6) is 11.5 Å². The van der Waals surface area contributed by atoms with Gasteiger partial charge in [-0.15, -0.1) is 0 Å². The third kappa shape index (κ3) is 5.43. The minimum atomic E-state index is 0.206. The molecule has 1 saturated heterocycles. The average molecular weight is 411 g/mol. The van der Waals surface area contributed by atoms with Gasteiger partial charge in [0.15, 0.2) is 17.5 Å². The lowest BCUT2D eigenvalue weighted by Crippen LogP contribution is -2.36. The molecule has 0 unspecified atom stereocenters. The minimum Gasteiger partial charge on any atom is -0.493 e. The monoisotopic (exact) mass is 410 g/mol. The summed E-state index contributed by atoms with van der Waals surface area (Å²) in [5.41, 5.74) is 3.13. The maximum absolute atomic E-state index is 11.9. The largest absolute Gasteiger partial charge is 0.493 e. The van der Waals surface area contributed by atoms with Crippen LogP contribution in [0.4, 0.5) is 5.69 Å². The van der Waals surface area contributed by atoms with Gasteiger partial charge in [-0.25, -0.2) is 4.99 Å². The summed E-state index contributed by atoms with van der Waals surface area (Å²) in [5.74, 6) is 2.35. The molecule has 1 aliphatic rings. The van der Waals surface area contributed by atoms with Crippen LogP contribution < -0.4 is 25.0 Å². The van der Waals surface area contributed by atoms with Crippen LogP contribution in [0, 0.1) is 0 Å². The van der Waals surface area contributed by atoms with Gasteiger partial charge in [0.1, 0.15) is 0 Å². The normalized spacial score (nSPS) is 14.0. The van der Waals surface area contributed by atoms with Crippen LogP contribution in [-0.4, -0.2) is 39.2 Å². The molecule has 1 fully saturated rings. The molecule has 0 spiro atoms. The fourth-order valence-electron chi connectivity index (χ4n) is 3.39. The molecule has 7 nitrogen and oxygen atoms in total. The molecule has 2 aromatic rings. The Balaban J connectivity index is 1.60. The number of benzene rings is 2. The highest BCUT2D eigenvalue weighted by Crippen LogP contribution is 2.27. The quantitative estimate of drug-likeness (QED) is 0.517. The Morgan fingerprint density at radius 3 is 2.40 bits per heavy atom. The Labute approximate surface area is 178 Å². The highest BCUT2D eigenvalue weighted by molar-refractivity contribution is 5.95. The third-order valence-electron chi connectivity index (χ3n) is 4.99. The van der Waals surface area contributed by atoms with E-state index >= 15 is 0 Å². The van der Waals surface area contributed by atoms with Crippen molar-refractivity contribution in [1.82, 2.24) is 10.6 Å². The number of anilines is 1. The molecule has 0 aromatic heterocycles. The number of hydrogen-bond acceptors (Lipinski definition) is 4. The number of guanidine groups is 1. The SMILES string of the molecule is CCNC(=NCc1ccc(OC)c(OC)c1)NCc1ccc(N2CCCC2=O)cc1.